The van der Waals surface area contributed by atoms with Crippen LogP contribution < -0.4 is 5.69 Å². The van der Waals surface area contributed by atoms with Crippen molar-refractivity contribution in [1.82, 2.24) is 19.3 Å². The van der Waals surface area contributed by atoms with Gasteiger partial charge in [0.05, 0.1) is 23.5 Å². The number of fused-ring (bicyclic) bond motifs is 1. The molecule has 7 nitrogen and oxygen atoms in total. The van der Waals surface area contributed by atoms with Gasteiger partial charge in [0.25, 0.3) is 0 Å². The molecular formula is C18H15F5N4O3S. The highest BCUT2D eigenvalue weighted by Crippen LogP contribution is 2.48. The number of aromatic nitrogens is 4. The Balaban J connectivity index is 1.89. The van der Waals surface area contributed by atoms with Crippen molar-refractivity contribution in [1.29, 1.82) is 0 Å². The van der Waals surface area contributed by atoms with Crippen LogP contribution in [0.25, 0.3) is 16.9 Å². The van der Waals surface area contributed by atoms with Gasteiger partial charge in [-0.2, -0.15) is 13.2 Å². The van der Waals surface area contributed by atoms with Crippen LogP contribution in [0.3, 0.4) is 0 Å². The lowest BCUT2D eigenvalue weighted by Gasteiger charge is -2.12. The SMILES string of the molecule is Cn1c(=O)n(-c2ccc(C(F)(F)F)nn2)c2cc(S(=O)(=O)CC3(CF)CC3)c(F)cc21. The molecule has 0 aliphatic heterocycles. The summed E-state index contributed by atoms with van der Waals surface area (Å²) in [5.41, 5.74) is -3.20. The second-order valence-corrected chi connectivity index (χ2v) is 9.57. The molecule has 0 radical (unpaired) electrons. The summed E-state index contributed by atoms with van der Waals surface area (Å²) in [5.74, 6) is -2.01. The monoisotopic (exact) mass is 462 g/mol. The number of rotatable bonds is 5. The van der Waals surface area contributed by atoms with Crippen LogP contribution in [0.15, 0.2) is 34.0 Å². The molecule has 166 valence electrons. The van der Waals surface area contributed by atoms with E-state index < -0.39 is 56.0 Å². The first-order chi connectivity index (χ1) is 14.4. The summed E-state index contributed by atoms with van der Waals surface area (Å²) >= 11 is 0. The van der Waals surface area contributed by atoms with Gasteiger partial charge in [-0.3, -0.25) is 8.96 Å². The molecule has 0 atom stereocenters. The molecule has 2 aromatic heterocycles. The van der Waals surface area contributed by atoms with E-state index in [1.165, 1.54) is 7.05 Å². The normalized spacial score (nSPS) is 16.1. The summed E-state index contributed by atoms with van der Waals surface area (Å²) < 4.78 is 93.4. The fraction of sp³-hybridized carbons (Fsp3) is 0.389. The predicted octanol–water partition coefficient (Wildman–Crippen LogP) is 2.80. The van der Waals surface area contributed by atoms with E-state index >= 15 is 0 Å². The third kappa shape index (κ3) is 3.60. The highest BCUT2D eigenvalue weighted by Gasteiger charge is 2.47. The Morgan fingerprint density at radius 1 is 1.13 bits per heavy atom. The molecule has 1 aliphatic carbocycles. The van der Waals surface area contributed by atoms with Gasteiger partial charge in [-0.25, -0.2) is 22.2 Å². The zero-order valence-electron chi connectivity index (χ0n) is 15.9. The smallest absolute Gasteiger partial charge is 0.295 e. The van der Waals surface area contributed by atoms with E-state index in [2.05, 4.69) is 10.2 Å². The highest BCUT2D eigenvalue weighted by molar-refractivity contribution is 7.91. The minimum absolute atomic E-state index is 0.00484. The van der Waals surface area contributed by atoms with Crippen molar-refractivity contribution in [2.45, 2.75) is 23.9 Å². The summed E-state index contributed by atoms with van der Waals surface area (Å²) in [6.45, 7) is -0.854. The number of nitrogens with zero attached hydrogens (tertiary/aromatic N) is 4. The van der Waals surface area contributed by atoms with Gasteiger partial charge in [-0.05, 0) is 31.0 Å². The summed E-state index contributed by atoms with van der Waals surface area (Å²) in [6, 6.07) is 3.27. The quantitative estimate of drug-likeness (QED) is 0.545. The maximum atomic E-state index is 14.7. The summed E-state index contributed by atoms with van der Waals surface area (Å²) in [7, 11) is -2.96. The van der Waals surface area contributed by atoms with Gasteiger partial charge >= 0.3 is 11.9 Å². The number of hydrogen-bond donors (Lipinski definition) is 0. The molecule has 1 aromatic carbocycles. The van der Waals surface area contributed by atoms with Gasteiger partial charge in [-0.1, -0.05) is 0 Å². The van der Waals surface area contributed by atoms with Gasteiger partial charge in [0.1, 0.15) is 10.7 Å². The van der Waals surface area contributed by atoms with E-state index in [1.54, 1.807) is 0 Å². The number of halogens is 5. The van der Waals surface area contributed by atoms with Crippen LogP contribution in [0, 0.1) is 11.2 Å². The number of aryl methyl sites for hydroxylation is 1. The highest BCUT2D eigenvalue weighted by atomic mass is 32.2. The molecule has 13 heteroatoms. The lowest BCUT2D eigenvalue weighted by molar-refractivity contribution is -0.141. The van der Waals surface area contributed by atoms with Crippen LogP contribution in [-0.4, -0.2) is 40.2 Å². The van der Waals surface area contributed by atoms with Crippen LogP contribution in [-0.2, 0) is 23.1 Å². The van der Waals surface area contributed by atoms with Gasteiger partial charge in [0.15, 0.2) is 21.3 Å². The van der Waals surface area contributed by atoms with Crippen LogP contribution >= 0.6 is 0 Å². The summed E-state index contributed by atoms with van der Waals surface area (Å²) in [4.78, 5) is 11.9. The zero-order valence-corrected chi connectivity index (χ0v) is 16.8. The number of alkyl halides is 4. The molecule has 1 aliphatic rings. The summed E-state index contributed by atoms with van der Waals surface area (Å²) in [5, 5.41) is 6.49. The Kier molecular flexibility index (Phi) is 4.72. The Morgan fingerprint density at radius 3 is 2.32 bits per heavy atom. The molecule has 2 heterocycles. The minimum atomic E-state index is -4.74. The van der Waals surface area contributed by atoms with Crippen molar-refractivity contribution in [3.63, 3.8) is 0 Å². The van der Waals surface area contributed by atoms with Crippen molar-refractivity contribution in [3.8, 4) is 5.82 Å². The first-order valence-corrected chi connectivity index (χ1v) is 10.6. The molecule has 0 saturated heterocycles. The molecule has 0 unspecified atom stereocenters. The van der Waals surface area contributed by atoms with E-state index in [4.69, 9.17) is 0 Å². The average molecular weight is 462 g/mol. The predicted molar refractivity (Wildman–Crippen MR) is 98.8 cm³/mol. The van der Waals surface area contributed by atoms with Gasteiger partial charge in [0, 0.05) is 18.5 Å². The second-order valence-electron chi connectivity index (χ2n) is 7.62. The fourth-order valence-corrected chi connectivity index (χ4v) is 5.34. The summed E-state index contributed by atoms with van der Waals surface area (Å²) in [6.07, 6.45) is -4.01. The van der Waals surface area contributed by atoms with Crippen molar-refractivity contribution in [3.05, 3.63) is 46.3 Å². The van der Waals surface area contributed by atoms with Crippen molar-refractivity contribution < 1.29 is 30.4 Å². The van der Waals surface area contributed by atoms with Crippen LogP contribution in [0.4, 0.5) is 22.0 Å². The molecule has 0 N–H and O–H groups in total. The number of imidazole rings is 1. The van der Waals surface area contributed by atoms with Crippen molar-refractivity contribution >= 4 is 20.9 Å². The molecule has 3 aromatic rings. The third-order valence-electron chi connectivity index (χ3n) is 5.35. The number of sulfone groups is 1. The minimum Gasteiger partial charge on any atom is -0.295 e. The van der Waals surface area contributed by atoms with Crippen LogP contribution in [0.2, 0.25) is 0 Å². The molecule has 0 spiro atoms. The fourth-order valence-electron chi connectivity index (χ4n) is 3.37. The van der Waals surface area contributed by atoms with E-state index in [0.29, 0.717) is 18.9 Å². The Hall–Kier alpha value is -2.83. The van der Waals surface area contributed by atoms with Gasteiger partial charge in [-0.15, -0.1) is 10.2 Å². The number of benzene rings is 1. The van der Waals surface area contributed by atoms with Gasteiger partial charge in [0.2, 0.25) is 0 Å². The molecule has 0 amide bonds. The third-order valence-corrected chi connectivity index (χ3v) is 7.33. The Morgan fingerprint density at radius 2 is 1.81 bits per heavy atom. The average Bonchev–Trinajstić information content (AvgIpc) is 3.42. The maximum absolute atomic E-state index is 14.7. The second kappa shape index (κ2) is 6.84. The topological polar surface area (TPSA) is 86.8 Å². The maximum Gasteiger partial charge on any atom is 0.435 e. The largest absolute Gasteiger partial charge is 0.435 e. The molecule has 1 saturated carbocycles. The molecule has 4 rings (SSSR count). The molecule has 1 fully saturated rings. The lowest BCUT2D eigenvalue weighted by Crippen LogP contribution is -2.22. The Labute approximate surface area is 172 Å². The first-order valence-electron chi connectivity index (χ1n) is 9.00. The molecular weight excluding hydrogens is 447 g/mol. The molecule has 0 bridgehead atoms. The van der Waals surface area contributed by atoms with Crippen molar-refractivity contribution in [2.24, 2.45) is 12.5 Å². The van der Waals surface area contributed by atoms with Crippen LogP contribution in [0.5, 0.6) is 0 Å². The van der Waals surface area contributed by atoms with Gasteiger partial charge < -0.3 is 0 Å². The zero-order chi connectivity index (χ0) is 22.8. The van der Waals surface area contributed by atoms with Crippen molar-refractivity contribution in [2.75, 3.05) is 12.4 Å². The Bertz CT molecular complexity index is 1340. The van der Waals surface area contributed by atoms with E-state index in [1.807, 2.05) is 0 Å². The number of hydrogen-bond acceptors (Lipinski definition) is 5. The standard InChI is InChI=1S/C18H15F5N4O3S/c1-26-11-6-10(20)13(31(29,30)9-17(8-19)4-5-17)7-12(11)27(16(26)28)15-3-2-14(24-25-15)18(21,22)23/h2-3,6-7H,4-5,8-9H2,1H3. The van der Waals surface area contributed by atoms with E-state index in [0.717, 1.165) is 27.3 Å². The lowest BCUT2D eigenvalue weighted by atomic mass is 10.2. The van der Waals surface area contributed by atoms with E-state index in [-0.39, 0.29) is 16.9 Å². The molecule has 31 heavy (non-hydrogen) atoms. The van der Waals surface area contributed by atoms with Crippen LogP contribution in [0.1, 0.15) is 18.5 Å². The first kappa shape index (κ1) is 21.4. The van der Waals surface area contributed by atoms with E-state index in [9.17, 15) is 35.2 Å².